The summed E-state index contributed by atoms with van der Waals surface area (Å²) in [5.74, 6) is 0.380. The first-order valence-electron chi connectivity index (χ1n) is 6.14. The van der Waals surface area contributed by atoms with Crippen molar-refractivity contribution in [2.75, 3.05) is 5.32 Å². The second-order valence-electron chi connectivity index (χ2n) is 4.26. The number of pyridine rings is 1. The highest BCUT2D eigenvalue weighted by molar-refractivity contribution is 9.10. The molecule has 0 aliphatic carbocycles. The number of nitrogens with one attached hydrogen (secondary N) is 1. The Balaban J connectivity index is 1.80. The van der Waals surface area contributed by atoms with Crippen molar-refractivity contribution in [3.63, 3.8) is 0 Å². The maximum Gasteiger partial charge on any atom is 0.274 e. The van der Waals surface area contributed by atoms with Crippen LogP contribution in [-0.4, -0.2) is 15.9 Å². The maximum absolute atomic E-state index is 12.1. The van der Waals surface area contributed by atoms with E-state index in [1.807, 2.05) is 18.2 Å². The third-order valence-corrected chi connectivity index (χ3v) is 3.27. The van der Waals surface area contributed by atoms with Crippen molar-refractivity contribution in [1.29, 1.82) is 0 Å². The summed E-state index contributed by atoms with van der Waals surface area (Å²) in [6.07, 6.45) is 4.57. The molecule has 2 aromatic heterocycles. The summed E-state index contributed by atoms with van der Waals surface area (Å²) in [5.41, 5.74) is 1.86. The molecule has 0 aliphatic rings. The standard InChI is InChI=1S/C15H10BrN3O2/c16-11-4-5-13(18-7-11)15(20)19-12-3-1-2-10(6-12)14-8-17-9-21-14/h1-9H,(H,19,20). The molecule has 0 radical (unpaired) electrons. The Kier molecular flexibility index (Phi) is 3.79. The molecule has 0 unspecified atom stereocenters. The van der Waals surface area contributed by atoms with Crippen molar-refractivity contribution >= 4 is 27.5 Å². The molecule has 6 heteroatoms. The van der Waals surface area contributed by atoms with E-state index in [-0.39, 0.29) is 5.91 Å². The predicted molar refractivity (Wildman–Crippen MR) is 81.8 cm³/mol. The minimum absolute atomic E-state index is 0.266. The summed E-state index contributed by atoms with van der Waals surface area (Å²) in [6.45, 7) is 0. The number of halogens is 1. The normalized spacial score (nSPS) is 10.3. The SMILES string of the molecule is O=C(Nc1cccc(-c2cnco2)c1)c1ccc(Br)cn1. The van der Waals surface area contributed by atoms with E-state index >= 15 is 0 Å². The number of anilines is 1. The second-order valence-corrected chi connectivity index (χ2v) is 5.18. The van der Waals surface area contributed by atoms with Gasteiger partial charge in [0.15, 0.2) is 12.2 Å². The highest BCUT2D eigenvalue weighted by Crippen LogP contribution is 2.22. The van der Waals surface area contributed by atoms with Crippen LogP contribution in [0.1, 0.15) is 10.5 Å². The molecule has 0 saturated heterocycles. The summed E-state index contributed by atoms with van der Waals surface area (Å²) in [5, 5.41) is 2.80. The number of rotatable bonds is 3. The number of hydrogen-bond acceptors (Lipinski definition) is 4. The van der Waals surface area contributed by atoms with Crippen LogP contribution in [0.2, 0.25) is 0 Å². The van der Waals surface area contributed by atoms with Gasteiger partial charge in [0.05, 0.1) is 6.20 Å². The van der Waals surface area contributed by atoms with Gasteiger partial charge in [-0.25, -0.2) is 9.97 Å². The topological polar surface area (TPSA) is 68.0 Å². The van der Waals surface area contributed by atoms with Gasteiger partial charge in [-0.05, 0) is 40.2 Å². The number of hydrogen-bond donors (Lipinski definition) is 1. The Bertz CT molecular complexity index is 755. The quantitative estimate of drug-likeness (QED) is 0.786. The third-order valence-electron chi connectivity index (χ3n) is 2.80. The van der Waals surface area contributed by atoms with Crippen molar-refractivity contribution in [3.05, 3.63) is 65.4 Å². The molecular weight excluding hydrogens is 334 g/mol. The van der Waals surface area contributed by atoms with Crippen LogP contribution in [0.5, 0.6) is 0 Å². The van der Waals surface area contributed by atoms with Crippen LogP contribution in [0.4, 0.5) is 5.69 Å². The first kappa shape index (κ1) is 13.5. The van der Waals surface area contributed by atoms with Crippen molar-refractivity contribution in [2.24, 2.45) is 0 Å². The number of carbonyl (C=O) groups excluding carboxylic acids is 1. The molecular formula is C15H10BrN3O2. The van der Waals surface area contributed by atoms with Gasteiger partial charge in [0, 0.05) is 21.9 Å². The minimum atomic E-state index is -0.266. The fourth-order valence-corrected chi connectivity index (χ4v) is 2.05. The Morgan fingerprint density at radius 3 is 2.81 bits per heavy atom. The maximum atomic E-state index is 12.1. The van der Waals surface area contributed by atoms with Gasteiger partial charge in [-0.2, -0.15) is 0 Å². The Hall–Kier alpha value is -2.47. The molecule has 0 fully saturated rings. The molecule has 3 rings (SSSR count). The fraction of sp³-hybridized carbons (Fsp3) is 0. The molecule has 0 saturated carbocycles. The van der Waals surface area contributed by atoms with Crippen molar-refractivity contribution < 1.29 is 9.21 Å². The average molecular weight is 344 g/mol. The van der Waals surface area contributed by atoms with E-state index in [2.05, 4.69) is 31.2 Å². The first-order chi connectivity index (χ1) is 10.2. The van der Waals surface area contributed by atoms with E-state index in [4.69, 9.17) is 4.42 Å². The molecule has 2 heterocycles. The highest BCUT2D eigenvalue weighted by Gasteiger charge is 2.08. The fourth-order valence-electron chi connectivity index (χ4n) is 1.81. The summed E-state index contributed by atoms with van der Waals surface area (Å²) in [7, 11) is 0. The Morgan fingerprint density at radius 2 is 2.10 bits per heavy atom. The largest absolute Gasteiger partial charge is 0.444 e. The van der Waals surface area contributed by atoms with Crippen LogP contribution in [0.25, 0.3) is 11.3 Å². The summed E-state index contributed by atoms with van der Waals surface area (Å²) < 4.78 is 6.06. The lowest BCUT2D eigenvalue weighted by Crippen LogP contribution is -2.13. The second kappa shape index (κ2) is 5.88. The molecule has 3 aromatic rings. The highest BCUT2D eigenvalue weighted by atomic mass is 79.9. The molecule has 104 valence electrons. The van der Waals surface area contributed by atoms with E-state index in [9.17, 15) is 4.79 Å². The average Bonchev–Trinajstić information content (AvgIpc) is 3.02. The van der Waals surface area contributed by atoms with E-state index in [1.165, 1.54) is 6.39 Å². The molecule has 0 aliphatic heterocycles. The summed E-state index contributed by atoms with van der Waals surface area (Å²) in [4.78, 5) is 20.0. The molecule has 0 bridgehead atoms. The lowest BCUT2D eigenvalue weighted by atomic mass is 10.1. The molecule has 1 N–H and O–H groups in total. The van der Waals surface area contributed by atoms with Crippen LogP contribution in [0.15, 0.2) is 64.1 Å². The molecule has 1 aromatic carbocycles. The van der Waals surface area contributed by atoms with Crippen LogP contribution < -0.4 is 5.32 Å². The molecule has 1 amide bonds. The number of nitrogens with zero attached hydrogens (tertiary/aromatic N) is 2. The minimum Gasteiger partial charge on any atom is -0.444 e. The van der Waals surface area contributed by atoms with Gasteiger partial charge in [-0.1, -0.05) is 12.1 Å². The van der Waals surface area contributed by atoms with Gasteiger partial charge in [0.25, 0.3) is 5.91 Å². The molecule has 0 spiro atoms. The van der Waals surface area contributed by atoms with Gasteiger partial charge in [0.2, 0.25) is 0 Å². The van der Waals surface area contributed by atoms with E-state index in [1.54, 1.807) is 30.6 Å². The van der Waals surface area contributed by atoms with Crippen LogP contribution in [0.3, 0.4) is 0 Å². The molecule has 21 heavy (non-hydrogen) atoms. The van der Waals surface area contributed by atoms with Gasteiger partial charge in [-0.3, -0.25) is 4.79 Å². The van der Waals surface area contributed by atoms with Crippen LogP contribution in [0, 0.1) is 0 Å². The monoisotopic (exact) mass is 343 g/mol. The lowest BCUT2D eigenvalue weighted by molar-refractivity contribution is 0.102. The predicted octanol–water partition coefficient (Wildman–Crippen LogP) is 3.75. The van der Waals surface area contributed by atoms with E-state index < -0.39 is 0 Å². The van der Waals surface area contributed by atoms with Gasteiger partial charge in [-0.15, -0.1) is 0 Å². The van der Waals surface area contributed by atoms with Crippen molar-refractivity contribution in [2.45, 2.75) is 0 Å². The zero-order valence-corrected chi connectivity index (χ0v) is 12.4. The number of oxazole rings is 1. The van der Waals surface area contributed by atoms with Gasteiger partial charge < -0.3 is 9.73 Å². The Labute approximate surface area is 129 Å². The number of amides is 1. The summed E-state index contributed by atoms with van der Waals surface area (Å²) in [6, 6.07) is 10.8. The zero-order chi connectivity index (χ0) is 14.7. The first-order valence-corrected chi connectivity index (χ1v) is 6.93. The summed E-state index contributed by atoms with van der Waals surface area (Å²) >= 11 is 3.28. The number of benzene rings is 1. The molecule has 0 atom stereocenters. The zero-order valence-electron chi connectivity index (χ0n) is 10.8. The van der Waals surface area contributed by atoms with Crippen molar-refractivity contribution in [3.8, 4) is 11.3 Å². The van der Waals surface area contributed by atoms with Crippen LogP contribution in [-0.2, 0) is 0 Å². The van der Waals surface area contributed by atoms with Crippen LogP contribution >= 0.6 is 15.9 Å². The van der Waals surface area contributed by atoms with Crippen molar-refractivity contribution in [1.82, 2.24) is 9.97 Å². The van der Waals surface area contributed by atoms with E-state index in [0.717, 1.165) is 10.0 Å². The lowest BCUT2D eigenvalue weighted by Gasteiger charge is -2.06. The number of aromatic nitrogens is 2. The van der Waals surface area contributed by atoms with Gasteiger partial charge in [0.1, 0.15) is 5.69 Å². The number of carbonyl (C=O) groups is 1. The molecule has 5 nitrogen and oxygen atoms in total. The Morgan fingerprint density at radius 1 is 1.19 bits per heavy atom. The smallest absolute Gasteiger partial charge is 0.274 e. The van der Waals surface area contributed by atoms with E-state index in [0.29, 0.717) is 17.1 Å². The van der Waals surface area contributed by atoms with Gasteiger partial charge >= 0.3 is 0 Å². The third kappa shape index (κ3) is 3.17.